The fourth-order valence-electron chi connectivity index (χ4n) is 2.30. The van der Waals surface area contributed by atoms with Crippen LogP contribution in [0.3, 0.4) is 0 Å². The van der Waals surface area contributed by atoms with Gasteiger partial charge in [0.15, 0.2) is 0 Å². The van der Waals surface area contributed by atoms with Crippen LogP contribution in [0.25, 0.3) is 0 Å². The van der Waals surface area contributed by atoms with Gasteiger partial charge < -0.3 is 9.64 Å². The van der Waals surface area contributed by atoms with E-state index in [4.69, 9.17) is 4.74 Å². The van der Waals surface area contributed by atoms with Gasteiger partial charge in [-0.05, 0) is 33.8 Å². The Kier molecular flexibility index (Phi) is 4.77. The summed E-state index contributed by atoms with van der Waals surface area (Å²) in [5.41, 5.74) is -0.439. The number of piperazine rings is 1. The van der Waals surface area contributed by atoms with E-state index in [-0.39, 0.29) is 12.0 Å². The Bertz CT molecular complexity index is 464. The lowest BCUT2D eigenvalue weighted by molar-refractivity contribution is -0.160. The number of anilines is 1. The van der Waals surface area contributed by atoms with Crippen LogP contribution in [0.5, 0.6) is 0 Å². The van der Waals surface area contributed by atoms with E-state index in [0.717, 1.165) is 32.1 Å². The molecular formula is C15H24N4O2. The van der Waals surface area contributed by atoms with Crippen LogP contribution < -0.4 is 4.90 Å². The third-order valence-corrected chi connectivity index (χ3v) is 3.44. The van der Waals surface area contributed by atoms with E-state index in [1.54, 1.807) is 12.4 Å². The number of esters is 1. The summed E-state index contributed by atoms with van der Waals surface area (Å²) < 4.78 is 5.45. The lowest BCUT2D eigenvalue weighted by Crippen LogP contribution is -2.53. The van der Waals surface area contributed by atoms with Gasteiger partial charge >= 0.3 is 5.97 Å². The van der Waals surface area contributed by atoms with E-state index in [1.165, 1.54) is 0 Å². The lowest BCUT2D eigenvalue weighted by atomic mass is 10.2. The van der Waals surface area contributed by atoms with Crippen LogP contribution in [0, 0.1) is 0 Å². The largest absolute Gasteiger partial charge is 0.459 e. The molecule has 1 aliphatic rings. The van der Waals surface area contributed by atoms with Crippen molar-refractivity contribution in [3.63, 3.8) is 0 Å². The number of nitrogens with zero attached hydrogens (tertiary/aromatic N) is 4. The van der Waals surface area contributed by atoms with Crippen molar-refractivity contribution in [1.29, 1.82) is 0 Å². The molecular weight excluding hydrogens is 268 g/mol. The number of carbonyl (C=O) groups is 1. The molecule has 1 saturated heterocycles. The zero-order chi connectivity index (χ0) is 15.5. The molecule has 6 heteroatoms. The van der Waals surface area contributed by atoms with Crippen LogP contribution >= 0.6 is 0 Å². The summed E-state index contributed by atoms with van der Waals surface area (Å²) in [7, 11) is 0. The molecule has 1 aliphatic heterocycles. The van der Waals surface area contributed by atoms with Gasteiger partial charge in [-0.3, -0.25) is 9.69 Å². The number of aromatic nitrogens is 2. The Balaban J connectivity index is 1.87. The number of hydrogen-bond acceptors (Lipinski definition) is 6. The Hall–Kier alpha value is -1.69. The highest BCUT2D eigenvalue weighted by Crippen LogP contribution is 2.15. The van der Waals surface area contributed by atoms with Gasteiger partial charge in [0.05, 0.1) is 0 Å². The second-order valence-electron chi connectivity index (χ2n) is 6.28. The van der Waals surface area contributed by atoms with Gasteiger partial charge in [0, 0.05) is 38.6 Å². The molecule has 21 heavy (non-hydrogen) atoms. The molecule has 1 unspecified atom stereocenters. The number of carbonyl (C=O) groups excluding carboxylic acids is 1. The molecule has 0 radical (unpaired) electrons. The molecule has 0 N–H and O–H groups in total. The van der Waals surface area contributed by atoms with Crippen molar-refractivity contribution >= 4 is 11.9 Å². The van der Waals surface area contributed by atoms with Gasteiger partial charge in [-0.2, -0.15) is 0 Å². The molecule has 1 fully saturated rings. The average molecular weight is 292 g/mol. The van der Waals surface area contributed by atoms with E-state index in [1.807, 2.05) is 33.8 Å². The minimum atomic E-state index is -0.439. The fraction of sp³-hybridized carbons (Fsp3) is 0.667. The smallest absolute Gasteiger partial charge is 0.323 e. The zero-order valence-electron chi connectivity index (χ0n) is 13.2. The summed E-state index contributed by atoms with van der Waals surface area (Å²) in [6, 6.07) is 1.59. The SMILES string of the molecule is CC(C(=O)OC(C)(C)C)N1CCN(c2ncccn2)CC1. The molecule has 1 aromatic rings. The summed E-state index contributed by atoms with van der Waals surface area (Å²) in [5, 5.41) is 0. The van der Waals surface area contributed by atoms with E-state index in [0.29, 0.717) is 0 Å². The van der Waals surface area contributed by atoms with Crippen LogP contribution in [0.4, 0.5) is 5.95 Å². The predicted octanol–water partition coefficient (Wildman–Crippen LogP) is 1.33. The average Bonchev–Trinajstić information content (AvgIpc) is 2.46. The molecule has 1 atom stereocenters. The molecule has 6 nitrogen and oxygen atoms in total. The molecule has 0 aromatic carbocycles. The minimum Gasteiger partial charge on any atom is -0.459 e. The Morgan fingerprint density at radius 2 is 1.76 bits per heavy atom. The highest BCUT2D eigenvalue weighted by molar-refractivity contribution is 5.75. The third kappa shape index (κ3) is 4.39. The van der Waals surface area contributed by atoms with Gasteiger partial charge in [0.25, 0.3) is 0 Å². The first-order chi connectivity index (χ1) is 9.87. The van der Waals surface area contributed by atoms with E-state index in [2.05, 4.69) is 19.8 Å². The van der Waals surface area contributed by atoms with Crippen molar-refractivity contribution < 1.29 is 9.53 Å². The van der Waals surface area contributed by atoms with Crippen molar-refractivity contribution in [2.45, 2.75) is 39.3 Å². The van der Waals surface area contributed by atoms with Crippen molar-refractivity contribution in [3.8, 4) is 0 Å². The number of hydrogen-bond donors (Lipinski definition) is 0. The monoisotopic (exact) mass is 292 g/mol. The zero-order valence-corrected chi connectivity index (χ0v) is 13.2. The topological polar surface area (TPSA) is 58.6 Å². The normalized spacial score (nSPS) is 18.4. The maximum atomic E-state index is 12.1. The molecule has 1 aromatic heterocycles. The summed E-state index contributed by atoms with van der Waals surface area (Å²) >= 11 is 0. The summed E-state index contributed by atoms with van der Waals surface area (Å²) in [6.45, 7) is 10.8. The first-order valence-electron chi connectivity index (χ1n) is 7.36. The van der Waals surface area contributed by atoms with Gasteiger partial charge in [-0.15, -0.1) is 0 Å². The quantitative estimate of drug-likeness (QED) is 0.783. The molecule has 0 bridgehead atoms. The fourth-order valence-corrected chi connectivity index (χ4v) is 2.30. The Morgan fingerprint density at radius 3 is 2.29 bits per heavy atom. The van der Waals surface area contributed by atoms with Gasteiger partial charge in [-0.1, -0.05) is 0 Å². The van der Waals surface area contributed by atoms with E-state index >= 15 is 0 Å². The van der Waals surface area contributed by atoms with Crippen LogP contribution in [0.15, 0.2) is 18.5 Å². The Morgan fingerprint density at radius 1 is 1.19 bits per heavy atom. The number of rotatable bonds is 3. The first-order valence-corrected chi connectivity index (χ1v) is 7.36. The van der Waals surface area contributed by atoms with Crippen molar-refractivity contribution in [2.24, 2.45) is 0 Å². The van der Waals surface area contributed by atoms with Gasteiger partial charge in [0.1, 0.15) is 11.6 Å². The highest BCUT2D eigenvalue weighted by atomic mass is 16.6. The molecule has 2 heterocycles. The van der Waals surface area contributed by atoms with Crippen molar-refractivity contribution in [1.82, 2.24) is 14.9 Å². The number of ether oxygens (including phenoxy) is 1. The molecule has 0 aliphatic carbocycles. The standard InChI is InChI=1S/C15H24N4O2/c1-12(13(20)21-15(2,3)4)18-8-10-19(11-9-18)14-16-6-5-7-17-14/h5-7,12H,8-11H2,1-4H3. The second kappa shape index (κ2) is 6.39. The summed E-state index contributed by atoms with van der Waals surface area (Å²) in [4.78, 5) is 24.9. The Labute approximate surface area is 126 Å². The van der Waals surface area contributed by atoms with Crippen LogP contribution in [-0.4, -0.2) is 58.7 Å². The molecule has 2 rings (SSSR count). The maximum absolute atomic E-state index is 12.1. The molecule has 0 spiro atoms. The van der Waals surface area contributed by atoms with E-state index in [9.17, 15) is 4.79 Å². The third-order valence-electron chi connectivity index (χ3n) is 3.44. The van der Waals surface area contributed by atoms with Crippen LogP contribution in [0.1, 0.15) is 27.7 Å². The summed E-state index contributed by atoms with van der Waals surface area (Å²) in [5.74, 6) is 0.592. The predicted molar refractivity (Wildman–Crippen MR) is 81.1 cm³/mol. The van der Waals surface area contributed by atoms with Crippen molar-refractivity contribution in [2.75, 3.05) is 31.1 Å². The van der Waals surface area contributed by atoms with Crippen LogP contribution in [-0.2, 0) is 9.53 Å². The second-order valence-corrected chi connectivity index (χ2v) is 6.28. The summed E-state index contributed by atoms with van der Waals surface area (Å²) in [6.07, 6.45) is 3.50. The lowest BCUT2D eigenvalue weighted by Gasteiger charge is -2.37. The highest BCUT2D eigenvalue weighted by Gasteiger charge is 2.29. The van der Waals surface area contributed by atoms with E-state index < -0.39 is 5.60 Å². The van der Waals surface area contributed by atoms with Crippen LogP contribution in [0.2, 0.25) is 0 Å². The maximum Gasteiger partial charge on any atom is 0.323 e. The first kappa shape index (κ1) is 15.7. The molecule has 0 amide bonds. The van der Waals surface area contributed by atoms with Crippen molar-refractivity contribution in [3.05, 3.63) is 18.5 Å². The minimum absolute atomic E-state index is 0.160. The van der Waals surface area contributed by atoms with Gasteiger partial charge in [-0.25, -0.2) is 9.97 Å². The van der Waals surface area contributed by atoms with Gasteiger partial charge in [0.2, 0.25) is 5.95 Å². The molecule has 116 valence electrons. The molecule has 0 saturated carbocycles.